The monoisotopic (exact) mass is 371 g/mol. The number of halogens is 1. The number of ether oxygens (including phenoxy) is 2. The van der Waals surface area contributed by atoms with Gasteiger partial charge in [-0.25, -0.2) is 4.39 Å². The summed E-state index contributed by atoms with van der Waals surface area (Å²) in [4.78, 5) is 24.4. The van der Waals surface area contributed by atoms with Crippen molar-refractivity contribution in [2.75, 3.05) is 18.5 Å². The first-order valence-electron chi connectivity index (χ1n) is 9.01. The zero-order valence-corrected chi connectivity index (χ0v) is 15.4. The van der Waals surface area contributed by atoms with Crippen LogP contribution in [0.4, 0.5) is 10.1 Å². The molecule has 1 atom stereocenters. The standard InChI is InChI=1S/C21H22FNO4/c1-3-10-26-17-7-5-4-6-15(17)23-19(25)12-27-18-9-8-14(22)20-13(2)11-16(24)21(18)20/h4-9,13H,3,10-12H2,1-2H3,(H,23,25). The van der Waals surface area contributed by atoms with E-state index in [9.17, 15) is 14.0 Å². The van der Waals surface area contributed by atoms with Crippen LogP contribution < -0.4 is 14.8 Å². The summed E-state index contributed by atoms with van der Waals surface area (Å²) in [5, 5.41) is 2.74. The average molecular weight is 371 g/mol. The highest BCUT2D eigenvalue weighted by atomic mass is 19.1. The molecule has 2 aromatic rings. The third-order valence-corrected chi connectivity index (χ3v) is 4.40. The molecule has 1 aliphatic carbocycles. The number of anilines is 1. The Kier molecular flexibility index (Phi) is 5.74. The maximum absolute atomic E-state index is 14.0. The van der Waals surface area contributed by atoms with E-state index >= 15 is 0 Å². The third-order valence-electron chi connectivity index (χ3n) is 4.40. The highest BCUT2D eigenvalue weighted by Crippen LogP contribution is 2.39. The lowest BCUT2D eigenvalue weighted by molar-refractivity contribution is -0.118. The van der Waals surface area contributed by atoms with Crippen LogP contribution >= 0.6 is 0 Å². The van der Waals surface area contributed by atoms with Gasteiger partial charge in [0.2, 0.25) is 0 Å². The van der Waals surface area contributed by atoms with Crippen molar-refractivity contribution in [1.29, 1.82) is 0 Å². The van der Waals surface area contributed by atoms with Crippen molar-refractivity contribution >= 4 is 17.4 Å². The fourth-order valence-electron chi connectivity index (χ4n) is 3.18. The topological polar surface area (TPSA) is 64.6 Å². The van der Waals surface area contributed by atoms with Crippen molar-refractivity contribution in [2.24, 2.45) is 0 Å². The lowest BCUT2D eigenvalue weighted by atomic mass is 10.0. The van der Waals surface area contributed by atoms with Crippen LogP contribution in [-0.4, -0.2) is 24.9 Å². The van der Waals surface area contributed by atoms with Gasteiger partial charge in [0, 0.05) is 12.0 Å². The summed E-state index contributed by atoms with van der Waals surface area (Å²) in [6.07, 6.45) is 1.11. The number of carbonyl (C=O) groups is 2. The first-order chi connectivity index (χ1) is 13.0. The van der Waals surface area contributed by atoms with Gasteiger partial charge in [-0.05, 0) is 36.6 Å². The van der Waals surface area contributed by atoms with Gasteiger partial charge in [0.1, 0.15) is 17.3 Å². The number of fused-ring (bicyclic) bond motifs is 1. The molecule has 0 aliphatic heterocycles. The molecule has 6 heteroatoms. The predicted molar refractivity (Wildman–Crippen MR) is 100 cm³/mol. The van der Waals surface area contributed by atoms with Crippen LogP contribution in [0.25, 0.3) is 0 Å². The molecular weight excluding hydrogens is 349 g/mol. The molecule has 5 nitrogen and oxygen atoms in total. The molecule has 0 aromatic heterocycles. The van der Waals surface area contributed by atoms with Crippen molar-refractivity contribution < 1.29 is 23.5 Å². The maximum atomic E-state index is 14.0. The fourth-order valence-corrected chi connectivity index (χ4v) is 3.18. The number of rotatable bonds is 7. The Bertz CT molecular complexity index is 865. The van der Waals surface area contributed by atoms with Gasteiger partial charge >= 0.3 is 0 Å². The fraction of sp³-hybridized carbons (Fsp3) is 0.333. The molecule has 0 bridgehead atoms. The summed E-state index contributed by atoms with van der Waals surface area (Å²) in [7, 11) is 0. The van der Waals surface area contributed by atoms with Gasteiger partial charge in [0.25, 0.3) is 5.91 Å². The summed E-state index contributed by atoms with van der Waals surface area (Å²) in [6, 6.07) is 9.81. The van der Waals surface area contributed by atoms with E-state index in [2.05, 4.69) is 5.32 Å². The molecule has 1 amide bonds. The third kappa shape index (κ3) is 4.10. The molecule has 1 N–H and O–H groups in total. The van der Waals surface area contributed by atoms with Crippen molar-refractivity contribution in [2.45, 2.75) is 32.6 Å². The molecule has 3 rings (SSSR count). The molecule has 0 heterocycles. The number of nitrogens with one attached hydrogen (secondary N) is 1. The normalized spacial score (nSPS) is 15.4. The van der Waals surface area contributed by atoms with E-state index in [-0.39, 0.29) is 41.9 Å². The Balaban J connectivity index is 1.69. The largest absolute Gasteiger partial charge is 0.491 e. The van der Waals surface area contributed by atoms with Gasteiger partial charge in [-0.3, -0.25) is 9.59 Å². The second-order valence-electron chi connectivity index (χ2n) is 6.54. The molecular formula is C21H22FNO4. The minimum absolute atomic E-state index is 0.161. The minimum Gasteiger partial charge on any atom is -0.491 e. The molecule has 0 fully saturated rings. The Morgan fingerprint density at radius 3 is 2.74 bits per heavy atom. The second kappa shape index (κ2) is 8.20. The van der Waals surface area contributed by atoms with E-state index in [0.717, 1.165) is 6.42 Å². The molecule has 0 saturated carbocycles. The smallest absolute Gasteiger partial charge is 0.262 e. The molecule has 2 aromatic carbocycles. The summed E-state index contributed by atoms with van der Waals surface area (Å²) in [5.41, 5.74) is 1.17. The first-order valence-corrected chi connectivity index (χ1v) is 9.01. The molecule has 142 valence electrons. The number of para-hydroxylation sites is 2. The average Bonchev–Trinajstić information content (AvgIpc) is 2.96. The van der Waals surface area contributed by atoms with Gasteiger partial charge in [-0.1, -0.05) is 26.0 Å². The Morgan fingerprint density at radius 1 is 1.19 bits per heavy atom. The van der Waals surface area contributed by atoms with Crippen molar-refractivity contribution in [3.63, 3.8) is 0 Å². The molecule has 0 spiro atoms. The Hall–Kier alpha value is -2.89. The van der Waals surface area contributed by atoms with Gasteiger partial charge in [-0.15, -0.1) is 0 Å². The summed E-state index contributed by atoms with van der Waals surface area (Å²) < 4.78 is 25.2. The number of Topliss-reactive ketones (excluding diaryl/α,β-unsaturated/α-hetero) is 1. The van der Waals surface area contributed by atoms with Crippen molar-refractivity contribution in [1.82, 2.24) is 0 Å². The maximum Gasteiger partial charge on any atom is 0.262 e. The van der Waals surface area contributed by atoms with Gasteiger partial charge < -0.3 is 14.8 Å². The first kappa shape index (κ1) is 18.9. The number of amides is 1. The summed E-state index contributed by atoms with van der Waals surface area (Å²) in [5.74, 6) is -0.328. The van der Waals surface area contributed by atoms with Gasteiger partial charge in [-0.2, -0.15) is 0 Å². The minimum atomic E-state index is -0.415. The number of hydrogen-bond donors (Lipinski definition) is 1. The quantitative estimate of drug-likeness (QED) is 0.787. The predicted octanol–water partition coefficient (Wildman–Crippen LogP) is 4.32. The van der Waals surface area contributed by atoms with E-state index < -0.39 is 5.82 Å². The Morgan fingerprint density at radius 2 is 1.96 bits per heavy atom. The van der Waals surface area contributed by atoms with E-state index in [1.807, 2.05) is 13.0 Å². The molecule has 0 saturated heterocycles. The van der Waals surface area contributed by atoms with Crippen LogP contribution in [0.3, 0.4) is 0 Å². The highest BCUT2D eigenvalue weighted by Gasteiger charge is 2.32. The van der Waals surface area contributed by atoms with Crippen LogP contribution in [-0.2, 0) is 4.79 Å². The number of hydrogen-bond acceptors (Lipinski definition) is 4. The molecule has 27 heavy (non-hydrogen) atoms. The van der Waals surface area contributed by atoms with Crippen LogP contribution in [0.15, 0.2) is 36.4 Å². The number of carbonyl (C=O) groups excluding carboxylic acids is 2. The van der Waals surface area contributed by atoms with Gasteiger partial charge in [0.05, 0.1) is 17.9 Å². The summed E-state index contributed by atoms with van der Waals surface area (Å²) >= 11 is 0. The van der Waals surface area contributed by atoms with E-state index in [1.165, 1.54) is 12.1 Å². The van der Waals surface area contributed by atoms with Gasteiger partial charge in [0.15, 0.2) is 12.4 Å². The molecule has 1 aliphatic rings. The number of ketones is 1. The molecule has 1 unspecified atom stereocenters. The zero-order chi connectivity index (χ0) is 19.4. The lowest BCUT2D eigenvalue weighted by Crippen LogP contribution is -2.21. The van der Waals surface area contributed by atoms with Crippen LogP contribution in [0.1, 0.15) is 48.5 Å². The second-order valence-corrected chi connectivity index (χ2v) is 6.54. The lowest BCUT2D eigenvalue weighted by Gasteiger charge is -2.14. The Labute approximate surface area is 157 Å². The number of benzene rings is 2. The van der Waals surface area contributed by atoms with Crippen molar-refractivity contribution in [3.8, 4) is 11.5 Å². The van der Waals surface area contributed by atoms with E-state index in [4.69, 9.17) is 9.47 Å². The molecule has 0 radical (unpaired) electrons. The van der Waals surface area contributed by atoms with E-state index in [1.54, 1.807) is 25.1 Å². The SMILES string of the molecule is CCCOc1ccccc1NC(=O)COc1ccc(F)c2c1C(=O)CC2C. The van der Waals surface area contributed by atoms with Crippen LogP contribution in [0.2, 0.25) is 0 Å². The van der Waals surface area contributed by atoms with Crippen LogP contribution in [0.5, 0.6) is 11.5 Å². The van der Waals surface area contributed by atoms with E-state index in [0.29, 0.717) is 23.6 Å². The van der Waals surface area contributed by atoms with Crippen molar-refractivity contribution in [3.05, 3.63) is 53.3 Å². The van der Waals surface area contributed by atoms with Crippen LogP contribution in [0, 0.1) is 5.82 Å². The zero-order valence-electron chi connectivity index (χ0n) is 15.4. The highest BCUT2D eigenvalue weighted by molar-refractivity contribution is 6.04. The summed E-state index contributed by atoms with van der Waals surface area (Å²) in [6.45, 7) is 4.06.